The van der Waals surface area contributed by atoms with Crippen LogP contribution in [0.5, 0.6) is 5.75 Å². The molecule has 0 aromatic heterocycles. The molecular formula is C21H23Cl2NO4. The van der Waals surface area contributed by atoms with Crippen LogP contribution >= 0.6 is 23.2 Å². The standard InChI is InChI=1S/C21H23Cl2NO4/c1-13-5-6-16(14(2)9-13)11-24(4)20(25)12-27-21(26)15(3)28-19-8-7-17(22)10-18(19)23/h5-10,15H,11-12H2,1-4H3. The molecule has 0 aliphatic carbocycles. The third-order valence-corrected chi connectivity index (χ3v) is 4.73. The van der Waals surface area contributed by atoms with Gasteiger partial charge in [-0.15, -0.1) is 0 Å². The molecule has 2 rings (SSSR count). The minimum Gasteiger partial charge on any atom is -0.477 e. The van der Waals surface area contributed by atoms with Crippen molar-refractivity contribution in [2.45, 2.75) is 33.4 Å². The second-order valence-corrected chi connectivity index (χ2v) is 7.47. The van der Waals surface area contributed by atoms with Crippen LogP contribution in [0.1, 0.15) is 23.6 Å². The highest BCUT2D eigenvalue weighted by atomic mass is 35.5. The molecule has 0 saturated heterocycles. The van der Waals surface area contributed by atoms with Gasteiger partial charge in [-0.25, -0.2) is 4.79 Å². The lowest BCUT2D eigenvalue weighted by Gasteiger charge is -2.20. The first-order chi connectivity index (χ1) is 13.2. The van der Waals surface area contributed by atoms with E-state index >= 15 is 0 Å². The number of hydrogen-bond acceptors (Lipinski definition) is 4. The molecule has 0 bridgehead atoms. The quantitative estimate of drug-likeness (QED) is 0.611. The van der Waals surface area contributed by atoms with Gasteiger partial charge in [-0.1, -0.05) is 47.0 Å². The van der Waals surface area contributed by atoms with E-state index in [2.05, 4.69) is 6.07 Å². The number of esters is 1. The Labute approximate surface area is 175 Å². The Bertz CT molecular complexity index is 798. The van der Waals surface area contributed by atoms with Gasteiger partial charge in [-0.05, 0) is 50.1 Å². The zero-order valence-electron chi connectivity index (χ0n) is 16.3. The number of nitrogens with zero attached hydrogens (tertiary/aromatic N) is 1. The minimum atomic E-state index is -0.920. The van der Waals surface area contributed by atoms with Crippen molar-refractivity contribution in [2.24, 2.45) is 0 Å². The van der Waals surface area contributed by atoms with Crippen molar-refractivity contribution in [1.82, 2.24) is 4.90 Å². The SMILES string of the molecule is Cc1ccc(CN(C)C(=O)COC(=O)C(C)Oc2ccc(Cl)cc2Cl)c(C)c1. The number of hydrogen-bond donors (Lipinski definition) is 0. The van der Waals surface area contributed by atoms with Crippen molar-refractivity contribution < 1.29 is 19.1 Å². The number of carbonyl (C=O) groups is 2. The zero-order valence-corrected chi connectivity index (χ0v) is 17.8. The van der Waals surface area contributed by atoms with Crippen molar-refractivity contribution in [1.29, 1.82) is 0 Å². The van der Waals surface area contributed by atoms with Crippen molar-refractivity contribution in [3.63, 3.8) is 0 Å². The number of halogens is 2. The van der Waals surface area contributed by atoms with E-state index in [0.29, 0.717) is 17.3 Å². The van der Waals surface area contributed by atoms with Gasteiger partial charge in [0.05, 0.1) is 5.02 Å². The van der Waals surface area contributed by atoms with E-state index in [1.165, 1.54) is 23.5 Å². The molecule has 1 amide bonds. The number of likely N-dealkylation sites (N-methyl/N-ethyl adjacent to an activating group) is 1. The Balaban J connectivity index is 1.85. The van der Waals surface area contributed by atoms with Gasteiger partial charge in [-0.3, -0.25) is 4.79 Å². The predicted octanol–water partition coefficient (Wildman–Crippen LogP) is 4.58. The zero-order chi connectivity index (χ0) is 20.8. The molecule has 0 N–H and O–H groups in total. The molecule has 0 aliphatic heterocycles. The number of rotatable bonds is 7. The number of ether oxygens (including phenoxy) is 2. The monoisotopic (exact) mass is 423 g/mol. The normalized spacial score (nSPS) is 11.6. The highest BCUT2D eigenvalue weighted by molar-refractivity contribution is 6.35. The van der Waals surface area contributed by atoms with Gasteiger partial charge in [0, 0.05) is 18.6 Å². The van der Waals surface area contributed by atoms with Crippen molar-refractivity contribution in [2.75, 3.05) is 13.7 Å². The number of amides is 1. The number of benzene rings is 2. The first-order valence-electron chi connectivity index (χ1n) is 8.76. The van der Waals surface area contributed by atoms with E-state index in [9.17, 15) is 9.59 Å². The molecule has 0 aliphatic rings. The Kier molecular flexibility index (Phi) is 7.72. The van der Waals surface area contributed by atoms with E-state index in [-0.39, 0.29) is 17.5 Å². The third kappa shape index (κ3) is 6.14. The van der Waals surface area contributed by atoms with Gasteiger partial charge >= 0.3 is 5.97 Å². The summed E-state index contributed by atoms with van der Waals surface area (Å²) in [7, 11) is 1.67. The van der Waals surface area contributed by atoms with E-state index in [1.807, 2.05) is 26.0 Å². The highest BCUT2D eigenvalue weighted by Crippen LogP contribution is 2.28. The molecule has 150 valence electrons. The first-order valence-corrected chi connectivity index (χ1v) is 9.51. The average Bonchev–Trinajstić information content (AvgIpc) is 2.63. The summed E-state index contributed by atoms with van der Waals surface area (Å²) in [4.78, 5) is 25.9. The average molecular weight is 424 g/mol. The molecule has 5 nitrogen and oxygen atoms in total. The molecule has 2 aromatic rings. The molecule has 0 radical (unpaired) electrons. The van der Waals surface area contributed by atoms with Crippen LogP contribution in [0.2, 0.25) is 10.0 Å². The topological polar surface area (TPSA) is 55.8 Å². The molecule has 2 aromatic carbocycles. The minimum absolute atomic E-state index is 0.288. The van der Waals surface area contributed by atoms with Crippen LogP contribution in [0.15, 0.2) is 36.4 Å². The summed E-state index contributed by atoms with van der Waals surface area (Å²) in [6.45, 7) is 5.63. The number of aryl methyl sites for hydroxylation is 2. The molecule has 0 saturated carbocycles. The van der Waals surface area contributed by atoms with Gasteiger partial charge in [-0.2, -0.15) is 0 Å². The van der Waals surface area contributed by atoms with Gasteiger partial charge in [0.2, 0.25) is 0 Å². The Morgan fingerprint density at radius 1 is 1.11 bits per heavy atom. The van der Waals surface area contributed by atoms with Gasteiger partial charge in [0.25, 0.3) is 5.91 Å². The molecule has 0 heterocycles. The summed E-state index contributed by atoms with van der Waals surface area (Å²) in [6.07, 6.45) is -0.920. The molecule has 7 heteroatoms. The van der Waals surface area contributed by atoms with Crippen LogP contribution in [0.4, 0.5) is 0 Å². The molecule has 1 atom stereocenters. The van der Waals surface area contributed by atoms with E-state index in [4.69, 9.17) is 32.7 Å². The Hall–Kier alpha value is -2.24. The lowest BCUT2D eigenvalue weighted by atomic mass is 10.1. The van der Waals surface area contributed by atoms with Crippen LogP contribution < -0.4 is 4.74 Å². The highest BCUT2D eigenvalue weighted by Gasteiger charge is 2.20. The summed E-state index contributed by atoms with van der Waals surface area (Å²) >= 11 is 11.9. The maximum atomic E-state index is 12.3. The van der Waals surface area contributed by atoms with Gasteiger partial charge < -0.3 is 14.4 Å². The maximum Gasteiger partial charge on any atom is 0.347 e. The fourth-order valence-electron chi connectivity index (χ4n) is 2.54. The fraction of sp³-hybridized carbons (Fsp3) is 0.333. The van der Waals surface area contributed by atoms with Gasteiger partial charge in [0.15, 0.2) is 12.7 Å². The predicted molar refractivity (Wildman–Crippen MR) is 110 cm³/mol. The second kappa shape index (κ2) is 9.80. The molecule has 28 heavy (non-hydrogen) atoms. The summed E-state index contributed by atoms with van der Waals surface area (Å²) in [5, 5.41) is 0.751. The summed E-state index contributed by atoms with van der Waals surface area (Å²) < 4.78 is 10.6. The van der Waals surface area contributed by atoms with Crippen LogP contribution in [-0.2, 0) is 20.9 Å². The fourth-order valence-corrected chi connectivity index (χ4v) is 2.99. The summed E-state index contributed by atoms with van der Waals surface area (Å²) in [5.41, 5.74) is 3.32. The Morgan fingerprint density at radius 3 is 2.46 bits per heavy atom. The molecule has 0 spiro atoms. The van der Waals surface area contributed by atoms with E-state index in [0.717, 1.165) is 11.1 Å². The van der Waals surface area contributed by atoms with E-state index in [1.54, 1.807) is 19.2 Å². The third-order valence-electron chi connectivity index (χ3n) is 4.20. The molecular weight excluding hydrogens is 401 g/mol. The van der Waals surface area contributed by atoms with E-state index < -0.39 is 12.1 Å². The van der Waals surface area contributed by atoms with Crippen molar-refractivity contribution in [3.8, 4) is 5.75 Å². The largest absolute Gasteiger partial charge is 0.477 e. The molecule has 1 unspecified atom stereocenters. The van der Waals surface area contributed by atoms with Crippen LogP contribution in [0.25, 0.3) is 0 Å². The lowest BCUT2D eigenvalue weighted by Crippen LogP contribution is -2.34. The van der Waals surface area contributed by atoms with Crippen molar-refractivity contribution in [3.05, 3.63) is 63.1 Å². The summed E-state index contributed by atoms with van der Waals surface area (Å²) in [5.74, 6) is -0.641. The molecule has 0 fully saturated rings. The van der Waals surface area contributed by atoms with Crippen LogP contribution in [0.3, 0.4) is 0 Å². The van der Waals surface area contributed by atoms with Crippen LogP contribution in [-0.4, -0.2) is 36.5 Å². The Morgan fingerprint density at radius 2 is 1.82 bits per heavy atom. The smallest absolute Gasteiger partial charge is 0.347 e. The number of carbonyl (C=O) groups excluding carboxylic acids is 2. The van der Waals surface area contributed by atoms with Gasteiger partial charge in [0.1, 0.15) is 5.75 Å². The van der Waals surface area contributed by atoms with Crippen molar-refractivity contribution >= 4 is 35.1 Å². The maximum absolute atomic E-state index is 12.3. The lowest BCUT2D eigenvalue weighted by molar-refractivity contribution is -0.157. The first kappa shape index (κ1) is 22.1. The second-order valence-electron chi connectivity index (χ2n) is 6.62. The van der Waals surface area contributed by atoms with Crippen LogP contribution in [0, 0.1) is 13.8 Å². The summed E-state index contributed by atoms with van der Waals surface area (Å²) in [6, 6.07) is 10.7.